The van der Waals surface area contributed by atoms with E-state index in [1.165, 1.54) is 28.8 Å². The number of aromatic nitrogens is 2. The van der Waals surface area contributed by atoms with Gasteiger partial charge in [-0.05, 0) is 116 Å². The number of pyridine rings is 2. The van der Waals surface area contributed by atoms with E-state index in [-0.39, 0.29) is 53.4 Å². The Labute approximate surface area is 397 Å². The lowest BCUT2D eigenvalue weighted by Crippen LogP contribution is -2.54. The van der Waals surface area contributed by atoms with E-state index in [1.807, 2.05) is 53.4 Å². The number of nitrogens with zero attached hydrogens (tertiary/aromatic N) is 5. The van der Waals surface area contributed by atoms with Crippen LogP contribution in [0.15, 0.2) is 108 Å². The number of unbranched alkanes of at least 4 members (excludes halogenated alkanes) is 1. The minimum absolute atomic E-state index is 0.00146. The van der Waals surface area contributed by atoms with Crippen LogP contribution in [-0.4, -0.2) is 87.9 Å². The Morgan fingerprint density at radius 3 is 2.32 bits per heavy atom. The van der Waals surface area contributed by atoms with Crippen LogP contribution in [0.5, 0.6) is 11.5 Å². The molecule has 5 aromatic rings. The molecule has 0 radical (unpaired) electrons. The Hall–Kier alpha value is -8.33. The summed E-state index contributed by atoms with van der Waals surface area (Å²) in [5.41, 5.74) is 3.89. The van der Waals surface area contributed by atoms with Crippen LogP contribution in [-0.2, 0) is 28.0 Å². The normalized spacial score (nSPS) is 17.6. The third-order valence-corrected chi connectivity index (χ3v) is 12.4. The van der Waals surface area contributed by atoms with Crippen molar-refractivity contribution in [1.29, 1.82) is 5.26 Å². The van der Waals surface area contributed by atoms with Crippen LogP contribution >= 0.6 is 0 Å². The summed E-state index contributed by atoms with van der Waals surface area (Å²) in [5, 5.41) is 20.7. The summed E-state index contributed by atoms with van der Waals surface area (Å²) in [7, 11) is 1.71. The first-order valence-corrected chi connectivity index (χ1v) is 22.9. The number of ether oxygens (including phenoxy) is 2. The van der Waals surface area contributed by atoms with Crippen molar-refractivity contribution in [3.63, 3.8) is 0 Å². The highest BCUT2D eigenvalue weighted by Gasteiger charge is 2.46. The van der Waals surface area contributed by atoms with E-state index in [0.717, 1.165) is 53.0 Å². The fraction of sp³-hybridized carbons (Fsp3) is 0.314. The Bertz CT molecular complexity index is 2830. The number of amides is 7. The fourth-order valence-electron chi connectivity index (χ4n) is 8.72. The summed E-state index contributed by atoms with van der Waals surface area (Å²) in [6.07, 6.45) is 7.78. The Morgan fingerprint density at radius 2 is 1.61 bits per heavy atom. The maximum Gasteiger partial charge on any atom is 0.322 e. The summed E-state index contributed by atoms with van der Waals surface area (Å²) in [5.74, 6) is -1.57. The smallest absolute Gasteiger partial charge is 0.322 e. The Morgan fingerprint density at radius 1 is 0.841 bits per heavy atom. The van der Waals surface area contributed by atoms with Crippen molar-refractivity contribution in [2.24, 2.45) is 7.05 Å². The summed E-state index contributed by atoms with van der Waals surface area (Å²) in [6, 6.07) is 27.5. The van der Waals surface area contributed by atoms with Gasteiger partial charge in [0.05, 0.1) is 23.3 Å². The average Bonchev–Trinajstić information content (AvgIpc) is 3.62. The molecule has 1 saturated carbocycles. The number of aryl methyl sites for hydroxylation is 1. The van der Waals surface area contributed by atoms with E-state index < -0.39 is 42.2 Å². The van der Waals surface area contributed by atoms with Crippen molar-refractivity contribution in [2.45, 2.75) is 76.0 Å². The van der Waals surface area contributed by atoms with E-state index >= 15 is 0 Å². The molecule has 3 aliphatic rings. The molecule has 1 saturated heterocycles. The highest BCUT2D eigenvalue weighted by atomic mass is 16.5. The van der Waals surface area contributed by atoms with Gasteiger partial charge >= 0.3 is 6.03 Å². The number of imide groups is 2. The molecule has 0 bridgehead atoms. The monoisotopic (exact) mass is 933 g/mol. The van der Waals surface area contributed by atoms with Gasteiger partial charge in [-0.15, -0.1) is 0 Å². The number of nitrogens with one attached hydrogen (secondary N) is 4. The van der Waals surface area contributed by atoms with Crippen LogP contribution in [0, 0.1) is 11.3 Å². The van der Waals surface area contributed by atoms with E-state index in [9.17, 15) is 33.6 Å². The standard InChI is InChI=1S/C51H51N9O9/c1-58-30-35(12-24-46(58)63)34-10-15-37(16-11-34)59(38-17-13-36(14-18-38)56-43-22-9-33(27-52)29-54-43)51(67)55-28-32-7-19-39(20-8-32)68-26-3-2-25-53-45(62)31-69-42-6-4-5-40-47(42)50(66)60(49(40)65)41-21-23-44(61)57-48(41)64/h4-12,15-16,19-20,22,24,29-30,36,38,41H,2-3,13-14,17-18,21,23,25-26,28,31H2,1H3,(H,53,62)(H,54,56)(H,55,67)(H,57,61,64). The van der Waals surface area contributed by atoms with Crippen LogP contribution in [0.25, 0.3) is 11.1 Å². The van der Waals surface area contributed by atoms with Crippen molar-refractivity contribution in [3.05, 3.63) is 136 Å². The molecular weight excluding hydrogens is 883 g/mol. The molecule has 8 rings (SSSR count). The van der Waals surface area contributed by atoms with Crippen molar-refractivity contribution in [1.82, 2.24) is 30.4 Å². The van der Waals surface area contributed by atoms with Gasteiger partial charge in [0.25, 0.3) is 17.7 Å². The third-order valence-electron chi connectivity index (χ3n) is 12.4. The second-order valence-electron chi connectivity index (χ2n) is 17.1. The van der Waals surface area contributed by atoms with Crippen molar-refractivity contribution in [3.8, 4) is 28.7 Å². The number of rotatable bonds is 17. The number of fused-ring (bicyclic) bond motifs is 1. The van der Waals surface area contributed by atoms with Crippen molar-refractivity contribution >= 4 is 47.1 Å². The maximum atomic E-state index is 14.1. The van der Waals surface area contributed by atoms with Gasteiger partial charge in [-0.1, -0.05) is 30.3 Å². The lowest BCUT2D eigenvalue weighted by atomic mass is 9.89. The van der Waals surface area contributed by atoms with Crippen LogP contribution in [0.3, 0.4) is 0 Å². The number of carbonyl (C=O) groups excluding carboxylic acids is 6. The molecule has 0 spiro atoms. The third kappa shape index (κ3) is 11.3. The lowest BCUT2D eigenvalue weighted by molar-refractivity contribution is -0.136. The van der Waals surface area contributed by atoms with Gasteiger partial charge in [0, 0.05) is 62.8 Å². The van der Waals surface area contributed by atoms with Gasteiger partial charge < -0.3 is 30.0 Å². The lowest BCUT2D eigenvalue weighted by Gasteiger charge is -2.37. The molecule has 2 aliphatic heterocycles. The quantitative estimate of drug-likeness (QED) is 0.0695. The zero-order valence-electron chi connectivity index (χ0n) is 37.9. The number of hydrogen-bond donors (Lipinski definition) is 4. The number of hydrogen-bond acceptors (Lipinski definition) is 12. The molecule has 69 heavy (non-hydrogen) atoms. The second kappa shape index (κ2) is 21.5. The van der Waals surface area contributed by atoms with Crippen molar-refractivity contribution in [2.75, 3.05) is 30.0 Å². The predicted octanol–water partition coefficient (Wildman–Crippen LogP) is 5.21. The largest absolute Gasteiger partial charge is 0.494 e. The summed E-state index contributed by atoms with van der Waals surface area (Å²) >= 11 is 0. The van der Waals surface area contributed by atoms with Gasteiger partial charge in [0.1, 0.15) is 29.4 Å². The van der Waals surface area contributed by atoms with E-state index in [2.05, 4.69) is 32.3 Å². The maximum absolute atomic E-state index is 14.1. The second-order valence-corrected chi connectivity index (χ2v) is 17.1. The number of anilines is 2. The molecule has 3 aromatic carbocycles. The van der Waals surface area contributed by atoms with Gasteiger partial charge in [0.2, 0.25) is 17.4 Å². The van der Waals surface area contributed by atoms with Gasteiger partial charge in [-0.2, -0.15) is 5.26 Å². The molecular formula is C51H51N9O9. The summed E-state index contributed by atoms with van der Waals surface area (Å²) in [4.78, 5) is 96.1. The number of urea groups is 1. The molecule has 1 aliphatic carbocycles. The highest BCUT2D eigenvalue weighted by Crippen LogP contribution is 2.34. The number of piperidine rings is 1. The van der Waals surface area contributed by atoms with Crippen LogP contribution in [0.1, 0.15) is 83.2 Å². The van der Waals surface area contributed by atoms with E-state index in [0.29, 0.717) is 49.7 Å². The molecule has 18 nitrogen and oxygen atoms in total. The minimum Gasteiger partial charge on any atom is -0.494 e. The summed E-state index contributed by atoms with van der Waals surface area (Å²) in [6.45, 7) is 0.639. The molecule has 4 heterocycles. The van der Waals surface area contributed by atoms with Crippen LogP contribution < -0.4 is 41.2 Å². The molecule has 1 unspecified atom stereocenters. The Kier molecular flexibility index (Phi) is 14.7. The minimum atomic E-state index is -1.11. The predicted molar refractivity (Wildman–Crippen MR) is 253 cm³/mol. The van der Waals surface area contributed by atoms with Crippen LogP contribution in [0.2, 0.25) is 0 Å². The zero-order valence-corrected chi connectivity index (χ0v) is 37.9. The number of nitriles is 1. The molecule has 1 atom stereocenters. The van der Waals surface area contributed by atoms with E-state index in [4.69, 9.17) is 14.7 Å². The topological polar surface area (TPSA) is 234 Å². The molecule has 354 valence electrons. The molecule has 4 N–H and O–H groups in total. The average molecular weight is 934 g/mol. The highest BCUT2D eigenvalue weighted by molar-refractivity contribution is 6.24. The first-order valence-electron chi connectivity index (χ1n) is 22.9. The number of carbonyl (C=O) groups is 6. The number of benzene rings is 3. The molecule has 7 amide bonds. The molecule has 2 aromatic heterocycles. The fourth-order valence-corrected chi connectivity index (χ4v) is 8.72. The molecule has 18 heteroatoms. The van der Waals surface area contributed by atoms with Gasteiger partial charge in [-0.3, -0.25) is 43.9 Å². The van der Waals surface area contributed by atoms with Gasteiger partial charge in [-0.25, -0.2) is 9.78 Å². The Balaban J connectivity index is 0.784. The first kappa shape index (κ1) is 47.2. The van der Waals surface area contributed by atoms with Crippen LogP contribution in [0.4, 0.5) is 16.3 Å². The zero-order chi connectivity index (χ0) is 48.4. The van der Waals surface area contributed by atoms with Crippen molar-refractivity contribution < 1.29 is 38.2 Å². The first-order chi connectivity index (χ1) is 33.4. The summed E-state index contributed by atoms with van der Waals surface area (Å²) < 4.78 is 13.1. The SMILES string of the molecule is Cn1cc(-c2ccc(N(C(=O)NCc3ccc(OCCCCNC(=O)COc4cccc5c4C(=O)N(C4CCC(=O)NC4=O)C5=O)cc3)C3CCC(Nc4ccc(C#N)cn4)CC3)cc2)ccc1=O. The van der Waals surface area contributed by atoms with E-state index in [1.54, 1.807) is 37.6 Å². The molecule has 2 fully saturated rings. The van der Waals surface area contributed by atoms with Gasteiger partial charge in [0.15, 0.2) is 6.61 Å².